The number of alkyl carbamates (subject to hydrolysis) is 1. The van der Waals surface area contributed by atoms with Crippen molar-refractivity contribution in [3.05, 3.63) is 24.0 Å². The summed E-state index contributed by atoms with van der Waals surface area (Å²) in [6, 6.07) is 3.79. The highest BCUT2D eigenvalue weighted by atomic mass is 19.1. The van der Waals surface area contributed by atoms with Gasteiger partial charge in [-0.2, -0.15) is 10.1 Å². The van der Waals surface area contributed by atoms with E-state index in [1.807, 2.05) is 6.07 Å². The molecule has 1 unspecified atom stereocenters. The van der Waals surface area contributed by atoms with Gasteiger partial charge in [0.25, 0.3) is 0 Å². The molecule has 174 valence electrons. The van der Waals surface area contributed by atoms with Crippen LogP contribution in [0.1, 0.15) is 58.1 Å². The largest absolute Gasteiger partial charge is 0.444 e. The number of ether oxygens (including phenoxy) is 1. The number of alkyl halides is 1. The molecule has 4 rings (SSSR count). The zero-order chi connectivity index (χ0) is 22.7. The summed E-state index contributed by atoms with van der Waals surface area (Å²) in [5, 5.41) is 13.3. The van der Waals surface area contributed by atoms with Crippen molar-refractivity contribution < 1.29 is 13.9 Å². The van der Waals surface area contributed by atoms with Gasteiger partial charge in [0.15, 0.2) is 5.82 Å². The zero-order valence-electron chi connectivity index (χ0n) is 18.9. The van der Waals surface area contributed by atoms with Gasteiger partial charge in [-0.3, -0.25) is 5.10 Å². The van der Waals surface area contributed by atoms with Crippen molar-refractivity contribution in [1.29, 1.82) is 0 Å². The Hall–Kier alpha value is -2.91. The Morgan fingerprint density at radius 2 is 2.06 bits per heavy atom. The van der Waals surface area contributed by atoms with E-state index < -0.39 is 17.9 Å². The Morgan fingerprint density at radius 1 is 1.28 bits per heavy atom. The van der Waals surface area contributed by atoms with Crippen molar-refractivity contribution in [3.63, 3.8) is 0 Å². The molecule has 2 aliphatic rings. The van der Waals surface area contributed by atoms with Crippen molar-refractivity contribution in [2.24, 2.45) is 5.92 Å². The zero-order valence-corrected chi connectivity index (χ0v) is 18.9. The van der Waals surface area contributed by atoms with E-state index in [1.165, 1.54) is 25.7 Å². The highest BCUT2D eigenvalue weighted by Crippen LogP contribution is 2.34. The molecular weight excluding hydrogens is 413 g/mol. The van der Waals surface area contributed by atoms with E-state index >= 15 is 0 Å². The van der Waals surface area contributed by atoms with Crippen LogP contribution in [-0.4, -0.2) is 57.7 Å². The SMILES string of the molecule is CC(C)(C)OC(=O)NCC1CN(c2nccc(Nc3cc(C4CCCC4)[nH]n3)n2)C[C@H]1F. The number of H-pyrrole nitrogens is 1. The van der Waals surface area contributed by atoms with Gasteiger partial charge in [0.05, 0.1) is 6.54 Å². The minimum absolute atomic E-state index is 0.179. The fourth-order valence-electron chi connectivity index (χ4n) is 4.26. The first kappa shape index (κ1) is 22.3. The molecule has 10 heteroatoms. The van der Waals surface area contributed by atoms with E-state index in [0.717, 1.165) is 5.69 Å². The minimum Gasteiger partial charge on any atom is -0.444 e. The summed E-state index contributed by atoms with van der Waals surface area (Å²) in [6.45, 7) is 6.16. The number of halogens is 1. The number of hydrogen-bond acceptors (Lipinski definition) is 7. The first-order valence-corrected chi connectivity index (χ1v) is 11.3. The third kappa shape index (κ3) is 5.66. The van der Waals surface area contributed by atoms with E-state index in [9.17, 15) is 9.18 Å². The molecule has 32 heavy (non-hydrogen) atoms. The second-order valence-electron chi connectivity index (χ2n) is 9.62. The monoisotopic (exact) mass is 445 g/mol. The summed E-state index contributed by atoms with van der Waals surface area (Å²) in [6.07, 6.45) is 4.94. The van der Waals surface area contributed by atoms with Gasteiger partial charge in [-0.1, -0.05) is 12.8 Å². The van der Waals surface area contributed by atoms with Crippen LogP contribution in [0.15, 0.2) is 18.3 Å². The van der Waals surface area contributed by atoms with Crippen LogP contribution in [0.5, 0.6) is 0 Å². The van der Waals surface area contributed by atoms with Gasteiger partial charge in [-0.15, -0.1) is 0 Å². The first-order valence-electron chi connectivity index (χ1n) is 11.3. The molecule has 0 radical (unpaired) electrons. The molecule has 2 fully saturated rings. The molecule has 0 bridgehead atoms. The molecule has 1 aliphatic heterocycles. The normalized spacial score (nSPS) is 21.7. The molecule has 1 saturated heterocycles. The van der Waals surface area contributed by atoms with Crippen LogP contribution in [0.3, 0.4) is 0 Å². The molecule has 3 N–H and O–H groups in total. The summed E-state index contributed by atoms with van der Waals surface area (Å²) in [7, 11) is 0. The van der Waals surface area contributed by atoms with Gasteiger partial charge in [0.1, 0.15) is 17.6 Å². The topological polar surface area (TPSA) is 108 Å². The lowest BCUT2D eigenvalue weighted by Gasteiger charge is -2.21. The number of aromatic amines is 1. The summed E-state index contributed by atoms with van der Waals surface area (Å²) in [5.41, 5.74) is 0.563. The predicted molar refractivity (Wildman–Crippen MR) is 120 cm³/mol. The lowest BCUT2D eigenvalue weighted by molar-refractivity contribution is 0.0515. The van der Waals surface area contributed by atoms with Crippen molar-refractivity contribution in [2.45, 2.75) is 64.1 Å². The Bertz CT molecular complexity index is 923. The van der Waals surface area contributed by atoms with Crippen LogP contribution in [0, 0.1) is 5.92 Å². The molecule has 1 aliphatic carbocycles. The van der Waals surface area contributed by atoms with Crippen molar-refractivity contribution >= 4 is 23.7 Å². The summed E-state index contributed by atoms with van der Waals surface area (Å²) < 4.78 is 19.8. The Balaban J connectivity index is 1.33. The molecule has 3 heterocycles. The summed E-state index contributed by atoms with van der Waals surface area (Å²) >= 11 is 0. The van der Waals surface area contributed by atoms with Crippen LogP contribution in [0.2, 0.25) is 0 Å². The Morgan fingerprint density at radius 3 is 2.81 bits per heavy atom. The summed E-state index contributed by atoms with van der Waals surface area (Å²) in [4.78, 5) is 22.5. The van der Waals surface area contributed by atoms with E-state index in [-0.39, 0.29) is 19.0 Å². The van der Waals surface area contributed by atoms with Crippen LogP contribution in [0.4, 0.5) is 26.8 Å². The van der Waals surface area contributed by atoms with E-state index in [0.29, 0.717) is 30.0 Å². The number of nitrogens with zero attached hydrogens (tertiary/aromatic N) is 4. The third-order valence-corrected chi connectivity index (χ3v) is 5.84. The van der Waals surface area contributed by atoms with Crippen molar-refractivity contribution in [2.75, 3.05) is 29.9 Å². The van der Waals surface area contributed by atoms with E-state index in [2.05, 4.69) is 30.8 Å². The first-order chi connectivity index (χ1) is 15.3. The Labute approximate surface area is 187 Å². The van der Waals surface area contributed by atoms with Crippen LogP contribution < -0.4 is 15.5 Å². The molecule has 9 nitrogen and oxygen atoms in total. The smallest absolute Gasteiger partial charge is 0.407 e. The number of amides is 1. The minimum atomic E-state index is -1.09. The predicted octanol–water partition coefficient (Wildman–Crippen LogP) is 3.90. The van der Waals surface area contributed by atoms with Crippen LogP contribution in [-0.2, 0) is 4.74 Å². The number of hydrogen-bond donors (Lipinski definition) is 3. The maximum atomic E-state index is 14.6. The average molecular weight is 446 g/mol. The molecule has 0 aromatic carbocycles. The molecule has 1 saturated carbocycles. The van der Waals surface area contributed by atoms with Gasteiger partial charge >= 0.3 is 6.09 Å². The number of carbonyl (C=O) groups excluding carboxylic acids is 1. The Kier molecular flexibility index (Phi) is 6.48. The van der Waals surface area contributed by atoms with Crippen LogP contribution >= 0.6 is 0 Å². The number of nitrogens with one attached hydrogen (secondary N) is 3. The van der Waals surface area contributed by atoms with Gasteiger partial charge < -0.3 is 20.3 Å². The van der Waals surface area contributed by atoms with Gasteiger partial charge in [-0.25, -0.2) is 14.2 Å². The number of aromatic nitrogens is 4. The van der Waals surface area contributed by atoms with Crippen molar-refractivity contribution in [1.82, 2.24) is 25.5 Å². The second-order valence-corrected chi connectivity index (χ2v) is 9.62. The van der Waals surface area contributed by atoms with Gasteiger partial charge in [0, 0.05) is 42.9 Å². The van der Waals surface area contributed by atoms with Crippen molar-refractivity contribution in [3.8, 4) is 0 Å². The van der Waals surface area contributed by atoms with Gasteiger partial charge in [-0.05, 0) is 39.7 Å². The van der Waals surface area contributed by atoms with E-state index in [1.54, 1.807) is 37.9 Å². The number of carbonyl (C=O) groups is 1. The highest BCUT2D eigenvalue weighted by Gasteiger charge is 2.34. The standard InChI is InChI=1S/C22H32FN7O2/c1-22(2,3)32-21(31)25-11-15-12-30(13-16(15)23)20-24-9-8-18(27-20)26-19-10-17(28-29-19)14-6-4-5-7-14/h8-10,14-16H,4-7,11-13H2,1-3H3,(H,25,31)(H2,24,26,27,28,29)/t15?,16-/m1/s1. The van der Waals surface area contributed by atoms with E-state index in [4.69, 9.17) is 4.74 Å². The fraction of sp³-hybridized carbons (Fsp3) is 0.636. The fourth-order valence-corrected chi connectivity index (χ4v) is 4.26. The highest BCUT2D eigenvalue weighted by molar-refractivity contribution is 5.67. The molecule has 2 aromatic heterocycles. The second kappa shape index (κ2) is 9.30. The lowest BCUT2D eigenvalue weighted by atomic mass is 10.0. The number of anilines is 3. The maximum absolute atomic E-state index is 14.6. The molecule has 1 amide bonds. The third-order valence-electron chi connectivity index (χ3n) is 5.84. The average Bonchev–Trinajstić information content (AvgIpc) is 3.46. The maximum Gasteiger partial charge on any atom is 0.407 e. The van der Waals surface area contributed by atoms with Gasteiger partial charge in [0.2, 0.25) is 5.95 Å². The lowest BCUT2D eigenvalue weighted by Crippen LogP contribution is -2.37. The molecular formula is C22H32FN7O2. The molecule has 2 aromatic rings. The molecule has 0 spiro atoms. The van der Waals surface area contributed by atoms with Crippen LogP contribution in [0.25, 0.3) is 0 Å². The number of rotatable bonds is 6. The quantitative estimate of drug-likeness (QED) is 0.619. The summed E-state index contributed by atoms with van der Waals surface area (Å²) in [5.74, 6) is 1.95. The molecule has 2 atom stereocenters.